The van der Waals surface area contributed by atoms with Crippen LogP contribution in [0.5, 0.6) is 0 Å². The Hall–Kier alpha value is -1.42. The number of halogens is 1. The molecule has 0 amide bonds. The van der Waals surface area contributed by atoms with Gasteiger partial charge < -0.3 is 10.1 Å². The Balaban J connectivity index is 2.00. The number of nitrogens with one attached hydrogen (secondary N) is 1. The fraction of sp³-hybridized carbons (Fsp3) is 0.462. The number of ether oxygens (including phenoxy) is 1. The highest BCUT2D eigenvalue weighted by Gasteiger charge is 2.27. The molecule has 1 aliphatic heterocycles. The number of esters is 1. The monoisotopic (exact) mass is 237 g/mol. The van der Waals surface area contributed by atoms with Gasteiger partial charge in [0.05, 0.1) is 7.11 Å². The Morgan fingerprint density at radius 2 is 2.18 bits per heavy atom. The zero-order chi connectivity index (χ0) is 12.3. The van der Waals surface area contributed by atoms with Gasteiger partial charge in [-0.05, 0) is 30.4 Å². The molecule has 4 heteroatoms. The third kappa shape index (κ3) is 2.64. The van der Waals surface area contributed by atoms with Crippen molar-refractivity contribution in [2.24, 2.45) is 0 Å². The second kappa shape index (κ2) is 5.27. The second-order valence-electron chi connectivity index (χ2n) is 4.28. The predicted molar refractivity (Wildman–Crippen MR) is 62.2 cm³/mol. The van der Waals surface area contributed by atoms with E-state index in [1.54, 1.807) is 12.1 Å². The van der Waals surface area contributed by atoms with Gasteiger partial charge in [-0.2, -0.15) is 0 Å². The average Bonchev–Trinajstić information content (AvgIpc) is 2.39. The molecule has 3 nitrogen and oxygen atoms in total. The van der Waals surface area contributed by atoms with Crippen LogP contribution >= 0.6 is 0 Å². The average molecular weight is 237 g/mol. The second-order valence-corrected chi connectivity index (χ2v) is 4.28. The van der Waals surface area contributed by atoms with Crippen LogP contribution in [-0.4, -0.2) is 25.7 Å². The number of carbonyl (C=O) groups is 1. The standard InChI is InChI=1S/C13H16FNO2/c1-17-13(16)12-7-6-9(8-15-12)10-4-2-3-5-11(10)14/h2-5,9,12,15H,6-8H2,1H3/t9-,12-/m0/s1. The molecule has 1 saturated heterocycles. The first-order valence-electron chi connectivity index (χ1n) is 5.78. The number of benzene rings is 1. The summed E-state index contributed by atoms with van der Waals surface area (Å²) < 4.78 is 18.3. The molecule has 1 N–H and O–H groups in total. The molecule has 0 spiro atoms. The van der Waals surface area contributed by atoms with Gasteiger partial charge in [0, 0.05) is 6.54 Å². The molecule has 1 heterocycles. The van der Waals surface area contributed by atoms with Crippen molar-refractivity contribution in [2.75, 3.05) is 13.7 Å². The molecule has 0 aromatic heterocycles. The van der Waals surface area contributed by atoms with Crippen molar-refractivity contribution in [3.05, 3.63) is 35.6 Å². The maximum atomic E-state index is 13.6. The van der Waals surface area contributed by atoms with Crippen LogP contribution in [0, 0.1) is 5.82 Å². The molecule has 2 rings (SSSR count). The number of hydrogen-bond acceptors (Lipinski definition) is 3. The Bertz CT molecular complexity index is 400. The normalized spacial score (nSPS) is 24.4. The summed E-state index contributed by atoms with van der Waals surface area (Å²) in [4.78, 5) is 11.3. The Morgan fingerprint density at radius 1 is 1.41 bits per heavy atom. The van der Waals surface area contributed by atoms with Crippen LogP contribution in [-0.2, 0) is 9.53 Å². The molecule has 92 valence electrons. The first-order chi connectivity index (χ1) is 8.22. The van der Waals surface area contributed by atoms with E-state index in [9.17, 15) is 9.18 Å². The quantitative estimate of drug-likeness (QED) is 0.797. The van der Waals surface area contributed by atoms with Crippen LogP contribution in [0.2, 0.25) is 0 Å². The van der Waals surface area contributed by atoms with E-state index in [2.05, 4.69) is 10.1 Å². The minimum Gasteiger partial charge on any atom is -0.468 e. The maximum Gasteiger partial charge on any atom is 0.322 e. The van der Waals surface area contributed by atoms with Gasteiger partial charge in [0.2, 0.25) is 0 Å². The van der Waals surface area contributed by atoms with Crippen molar-refractivity contribution >= 4 is 5.97 Å². The number of carbonyl (C=O) groups excluding carboxylic acids is 1. The minimum absolute atomic E-state index is 0.136. The van der Waals surface area contributed by atoms with Crippen molar-refractivity contribution < 1.29 is 13.9 Å². The highest BCUT2D eigenvalue weighted by molar-refractivity contribution is 5.75. The van der Waals surface area contributed by atoms with Crippen LogP contribution in [0.15, 0.2) is 24.3 Å². The van der Waals surface area contributed by atoms with E-state index in [1.807, 2.05) is 6.07 Å². The highest BCUT2D eigenvalue weighted by Crippen LogP contribution is 2.27. The first-order valence-corrected chi connectivity index (χ1v) is 5.78. The summed E-state index contributed by atoms with van der Waals surface area (Å²) in [6, 6.07) is 6.56. The lowest BCUT2D eigenvalue weighted by atomic mass is 9.88. The largest absolute Gasteiger partial charge is 0.468 e. The predicted octanol–water partition coefficient (Wildman–Crippen LogP) is 1.83. The third-order valence-corrected chi connectivity index (χ3v) is 3.25. The van der Waals surface area contributed by atoms with E-state index in [-0.39, 0.29) is 23.7 Å². The molecule has 1 fully saturated rings. The number of rotatable bonds is 2. The minimum atomic E-state index is -0.247. The highest BCUT2D eigenvalue weighted by atomic mass is 19.1. The van der Waals surface area contributed by atoms with Crippen molar-refractivity contribution in [2.45, 2.75) is 24.8 Å². The fourth-order valence-electron chi connectivity index (χ4n) is 2.27. The van der Waals surface area contributed by atoms with E-state index in [0.29, 0.717) is 13.0 Å². The van der Waals surface area contributed by atoms with Gasteiger partial charge >= 0.3 is 5.97 Å². The fourth-order valence-corrected chi connectivity index (χ4v) is 2.27. The molecule has 0 unspecified atom stereocenters. The number of piperidine rings is 1. The van der Waals surface area contributed by atoms with E-state index in [1.165, 1.54) is 13.2 Å². The van der Waals surface area contributed by atoms with E-state index >= 15 is 0 Å². The van der Waals surface area contributed by atoms with E-state index < -0.39 is 0 Å². The van der Waals surface area contributed by atoms with Gasteiger partial charge in [0.25, 0.3) is 0 Å². The zero-order valence-electron chi connectivity index (χ0n) is 9.78. The smallest absolute Gasteiger partial charge is 0.322 e. The van der Waals surface area contributed by atoms with Crippen LogP contribution in [0.1, 0.15) is 24.3 Å². The summed E-state index contributed by atoms with van der Waals surface area (Å²) in [7, 11) is 1.38. The Morgan fingerprint density at radius 3 is 2.76 bits per heavy atom. The number of hydrogen-bond donors (Lipinski definition) is 1. The van der Waals surface area contributed by atoms with Crippen molar-refractivity contribution in [1.29, 1.82) is 0 Å². The van der Waals surface area contributed by atoms with Crippen molar-refractivity contribution in [3.8, 4) is 0 Å². The zero-order valence-corrected chi connectivity index (χ0v) is 9.78. The van der Waals surface area contributed by atoms with Crippen LogP contribution < -0.4 is 5.32 Å². The van der Waals surface area contributed by atoms with Crippen LogP contribution in [0.25, 0.3) is 0 Å². The summed E-state index contributed by atoms with van der Waals surface area (Å²) in [6.45, 7) is 0.612. The molecule has 17 heavy (non-hydrogen) atoms. The van der Waals surface area contributed by atoms with Gasteiger partial charge in [-0.25, -0.2) is 4.39 Å². The van der Waals surface area contributed by atoms with Gasteiger partial charge in [0.1, 0.15) is 11.9 Å². The van der Waals surface area contributed by atoms with E-state index in [4.69, 9.17) is 0 Å². The van der Waals surface area contributed by atoms with Gasteiger partial charge in [-0.3, -0.25) is 4.79 Å². The SMILES string of the molecule is COC(=O)[C@@H]1CC[C@H](c2ccccc2F)CN1. The summed E-state index contributed by atoms with van der Waals surface area (Å²) >= 11 is 0. The van der Waals surface area contributed by atoms with Gasteiger partial charge in [-0.1, -0.05) is 18.2 Å². The lowest BCUT2D eigenvalue weighted by Gasteiger charge is -2.28. The molecule has 1 aliphatic rings. The van der Waals surface area contributed by atoms with Crippen LogP contribution in [0.3, 0.4) is 0 Å². The first kappa shape index (κ1) is 12.0. The molecule has 1 aromatic rings. The molecule has 0 saturated carbocycles. The summed E-state index contributed by atoms with van der Waals surface area (Å²) in [5.41, 5.74) is 0.725. The van der Waals surface area contributed by atoms with Gasteiger partial charge in [0.15, 0.2) is 0 Å². The molecular formula is C13H16FNO2. The lowest BCUT2D eigenvalue weighted by Crippen LogP contribution is -2.43. The third-order valence-electron chi connectivity index (χ3n) is 3.25. The number of methoxy groups -OCH3 is 1. The summed E-state index contributed by atoms with van der Waals surface area (Å²) in [5, 5.41) is 3.10. The molecule has 2 atom stereocenters. The van der Waals surface area contributed by atoms with Gasteiger partial charge in [-0.15, -0.1) is 0 Å². The molecule has 0 aliphatic carbocycles. The molecule has 0 bridgehead atoms. The van der Waals surface area contributed by atoms with Crippen molar-refractivity contribution in [1.82, 2.24) is 5.32 Å². The Kier molecular flexibility index (Phi) is 3.74. The van der Waals surface area contributed by atoms with E-state index in [0.717, 1.165) is 12.0 Å². The topological polar surface area (TPSA) is 38.3 Å². The summed E-state index contributed by atoms with van der Waals surface area (Å²) in [6.07, 6.45) is 1.49. The summed E-state index contributed by atoms with van der Waals surface area (Å²) in [5.74, 6) is -0.273. The molecular weight excluding hydrogens is 221 g/mol. The maximum absolute atomic E-state index is 13.6. The Labute approximate surface area is 100.0 Å². The lowest BCUT2D eigenvalue weighted by molar-refractivity contribution is -0.143. The van der Waals surface area contributed by atoms with Crippen LogP contribution in [0.4, 0.5) is 4.39 Å². The van der Waals surface area contributed by atoms with Crippen molar-refractivity contribution in [3.63, 3.8) is 0 Å². The molecule has 1 aromatic carbocycles. The molecule has 0 radical (unpaired) electrons.